The minimum absolute atomic E-state index is 0.0881. The molecule has 0 aliphatic carbocycles. The summed E-state index contributed by atoms with van der Waals surface area (Å²) in [6.07, 6.45) is 86.7. The van der Waals surface area contributed by atoms with Gasteiger partial charge in [-0.3, -0.25) is 14.4 Å². The molecule has 0 spiro atoms. The molecule has 0 aliphatic rings. The van der Waals surface area contributed by atoms with Crippen molar-refractivity contribution in [3.8, 4) is 0 Å². The van der Waals surface area contributed by atoms with Crippen LogP contribution in [-0.4, -0.2) is 37.2 Å². The molecule has 0 bridgehead atoms. The lowest BCUT2D eigenvalue weighted by Crippen LogP contribution is -2.30. The second-order valence-electron chi connectivity index (χ2n) is 20.9. The van der Waals surface area contributed by atoms with E-state index >= 15 is 0 Å². The van der Waals surface area contributed by atoms with Crippen LogP contribution in [0.4, 0.5) is 0 Å². The molecular weight excluding hydrogens is 937 g/mol. The summed E-state index contributed by atoms with van der Waals surface area (Å²) in [5.41, 5.74) is 0. The van der Waals surface area contributed by atoms with E-state index in [1.165, 1.54) is 135 Å². The lowest BCUT2D eigenvalue weighted by atomic mass is 10.0. The maximum atomic E-state index is 12.9. The third-order valence-electron chi connectivity index (χ3n) is 13.5. The van der Waals surface area contributed by atoms with Gasteiger partial charge in [0.25, 0.3) is 0 Å². The highest BCUT2D eigenvalue weighted by molar-refractivity contribution is 5.71. The topological polar surface area (TPSA) is 78.9 Å². The quantitative estimate of drug-likeness (QED) is 0.0261. The minimum atomic E-state index is -0.792. The Balaban J connectivity index is 4.29. The third-order valence-corrected chi connectivity index (χ3v) is 13.5. The summed E-state index contributed by atoms with van der Waals surface area (Å²) in [5, 5.41) is 0. The summed E-state index contributed by atoms with van der Waals surface area (Å²) in [7, 11) is 0. The molecule has 0 heterocycles. The standard InChI is InChI=1S/C70H118O6/c1-4-7-10-13-16-19-22-25-27-29-30-31-32-33-34-35-36-37-38-39-40-41-43-45-48-51-54-57-60-63-69(72)75-66-67(65-74-68(71)62-59-56-53-50-47-44-24-21-18-15-12-9-6-3)76-70(73)64-61-58-55-52-49-46-42-28-26-23-20-17-14-11-8-5-2/h7,9-10,12,16,18-19,21,25,27,30-31,33-34,36-37,44,47,67H,4-6,8,11,13-15,17,20,22-24,26,28-29,32,35,38-43,45-46,48-66H2,1-3H3/b10-7-,12-9-,19-16-,21-18-,27-25-,31-30-,34-33-,37-36-,47-44-. The Bertz CT molecular complexity index is 1540. The fraction of sp³-hybridized carbons (Fsp3) is 0.700. The van der Waals surface area contributed by atoms with Gasteiger partial charge in [0.2, 0.25) is 0 Å². The van der Waals surface area contributed by atoms with Crippen molar-refractivity contribution in [2.45, 2.75) is 303 Å². The van der Waals surface area contributed by atoms with E-state index < -0.39 is 6.10 Å². The van der Waals surface area contributed by atoms with Gasteiger partial charge >= 0.3 is 17.9 Å². The number of rotatable bonds is 57. The molecule has 0 saturated heterocycles. The van der Waals surface area contributed by atoms with Crippen LogP contribution in [0, 0.1) is 0 Å². The van der Waals surface area contributed by atoms with Crippen molar-refractivity contribution in [2.75, 3.05) is 13.2 Å². The monoisotopic (exact) mass is 1050 g/mol. The maximum absolute atomic E-state index is 12.9. The zero-order valence-corrected chi connectivity index (χ0v) is 49.7. The van der Waals surface area contributed by atoms with E-state index in [9.17, 15) is 14.4 Å². The number of unbranched alkanes of at least 4 members (excludes halogenated alkanes) is 28. The number of allylic oxidation sites excluding steroid dienone is 18. The molecule has 1 atom stereocenters. The summed E-state index contributed by atoms with van der Waals surface area (Å²) < 4.78 is 16.9. The second-order valence-corrected chi connectivity index (χ2v) is 20.9. The molecule has 0 radical (unpaired) electrons. The first-order valence-electron chi connectivity index (χ1n) is 31.9. The highest BCUT2D eigenvalue weighted by Gasteiger charge is 2.19. The van der Waals surface area contributed by atoms with E-state index in [0.717, 1.165) is 122 Å². The molecule has 0 fully saturated rings. The molecule has 76 heavy (non-hydrogen) atoms. The smallest absolute Gasteiger partial charge is 0.306 e. The first-order chi connectivity index (χ1) is 37.5. The predicted octanol–water partition coefficient (Wildman–Crippen LogP) is 21.8. The Morgan fingerprint density at radius 1 is 0.276 bits per heavy atom. The first-order valence-corrected chi connectivity index (χ1v) is 31.9. The number of esters is 3. The lowest BCUT2D eigenvalue weighted by molar-refractivity contribution is -0.167. The van der Waals surface area contributed by atoms with E-state index in [4.69, 9.17) is 14.2 Å². The molecule has 0 aromatic heterocycles. The average molecular weight is 1060 g/mol. The third kappa shape index (κ3) is 60.9. The van der Waals surface area contributed by atoms with Crippen LogP contribution >= 0.6 is 0 Å². The number of ether oxygens (including phenoxy) is 3. The number of carbonyl (C=O) groups is 3. The van der Waals surface area contributed by atoms with Crippen LogP contribution in [0.1, 0.15) is 297 Å². The van der Waals surface area contributed by atoms with Gasteiger partial charge in [-0.05, 0) is 103 Å². The zero-order valence-electron chi connectivity index (χ0n) is 49.7. The Hall–Kier alpha value is -3.93. The van der Waals surface area contributed by atoms with Crippen molar-refractivity contribution >= 4 is 17.9 Å². The summed E-state index contributed by atoms with van der Waals surface area (Å²) in [6.45, 7) is 6.41. The molecule has 0 saturated carbocycles. The maximum Gasteiger partial charge on any atom is 0.306 e. The van der Waals surface area contributed by atoms with Crippen LogP contribution in [0.3, 0.4) is 0 Å². The molecule has 0 aromatic rings. The molecule has 6 heteroatoms. The normalized spacial score (nSPS) is 12.8. The second kappa shape index (κ2) is 63.6. The molecule has 0 N–H and O–H groups in total. The van der Waals surface area contributed by atoms with Gasteiger partial charge in [-0.2, -0.15) is 0 Å². The van der Waals surface area contributed by atoms with Gasteiger partial charge in [0.15, 0.2) is 6.10 Å². The molecule has 6 nitrogen and oxygen atoms in total. The zero-order chi connectivity index (χ0) is 55.0. The fourth-order valence-corrected chi connectivity index (χ4v) is 8.81. The van der Waals surface area contributed by atoms with Gasteiger partial charge in [-0.15, -0.1) is 0 Å². The summed E-state index contributed by atoms with van der Waals surface area (Å²) in [5.74, 6) is -0.913. The van der Waals surface area contributed by atoms with Crippen LogP contribution < -0.4 is 0 Å². The Morgan fingerprint density at radius 2 is 0.513 bits per heavy atom. The molecule has 0 aliphatic heterocycles. The van der Waals surface area contributed by atoms with Gasteiger partial charge in [0, 0.05) is 19.3 Å². The summed E-state index contributed by atoms with van der Waals surface area (Å²) in [4.78, 5) is 38.3. The van der Waals surface area contributed by atoms with Crippen LogP contribution in [0.15, 0.2) is 109 Å². The van der Waals surface area contributed by atoms with E-state index in [2.05, 4.69) is 130 Å². The molecule has 1 unspecified atom stereocenters. The molecule has 0 aromatic carbocycles. The molecule has 0 rings (SSSR count). The van der Waals surface area contributed by atoms with Crippen molar-refractivity contribution in [1.29, 1.82) is 0 Å². The SMILES string of the molecule is CC/C=C\C/C=C\C/C=C\C/C=C\C/C=C\C/C=C\CCCCCCCCCCCCC(=O)OCC(COC(=O)CCCCC/C=C\C/C=C\C/C=C\CC)OC(=O)CCCCCCCCCCCCCCCCCC. The highest BCUT2D eigenvalue weighted by atomic mass is 16.6. The first kappa shape index (κ1) is 72.1. The summed E-state index contributed by atoms with van der Waals surface area (Å²) >= 11 is 0. The highest BCUT2D eigenvalue weighted by Crippen LogP contribution is 2.16. The molecule has 434 valence electrons. The van der Waals surface area contributed by atoms with Crippen LogP contribution in [0.2, 0.25) is 0 Å². The van der Waals surface area contributed by atoms with Gasteiger partial charge in [0.05, 0.1) is 0 Å². The van der Waals surface area contributed by atoms with E-state index in [1.54, 1.807) is 0 Å². The number of carbonyl (C=O) groups excluding carboxylic acids is 3. The molecular formula is C70H118O6. The minimum Gasteiger partial charge on any atom is -0.462 e. The van der Waals surface area contributed by atoms with Crippen LogP contribution in [-0.2, 0) is 28.6 Å². The van der Waals surface area contributed by atoms with Crippen molar-refractivity contribution in [3.05, 3.63) is 109 Å². The number of hydrogen-bond donors (Lipinski definition) is 0. The summed E-state index contributed by atoms with van der Waals surface area (Å²) in [6, 6.07) is 0. The number of hydrogen-bond acceptors (Lipinski definition) is 6. The Kier molecular flexibility index (Phi) is 60.3. The largest absolute Gasteiger partial charge is 0.462 e. The van der Waals surface area contributed by atoms with E-state index in [-0.39, 0.29) is 31.1 Å². The van der Waals surface area contributed by atoms with Crippen molar-refractivity contribution < 1.29 is 28.6 Å². The predicted molar refractivity (Wildman–Crippen MR) is 330 cm³/mol. The fourth-order valence-electron chi connectivity index (χ4n) is 8.81. The van der Waals surface area contributed by atoms with Gasteiger partial charge in [-0.25, -0.2) is 0 Å². The van der Waals surface area contributed by atoms with E-state index in [0.29, 0.717) is 19.3 Å². The Labute approximate surface area is 470 Å². The lowest BCUT2D eigenvalue weighted by Gasteiger charge is -2.18. The Morgan fingerprint density at radius 3 is 0.816 bits per heavy atom. The van der Waals surface area contributed by atoms with Crippen molar-refractivity contribution in [3.63, 3.8) is 0 Å². The van der Waals surface area contributed by atoms with Crippen molar-refractivity contribution in [2.24, 2.45) is 0 Å². The molecule has 0 amide bonds. The van der Waals surface area contributed by atoms with Crippen molar-refractivity contribution in [1.82, 2.24) is 0 Å². The van der Waals surface area contributed by atoms with Crippen LogP contribution in [0.25, 0.3) is 0 Å². The van der Waals surface area contributed by atoms with Gasteiger partial charge in [0.1, 0.15) is 13.2 Å². The average Bonchev–Trinajstić information content (AvgIpc) is 3.42. The van der Waals surface area contributed by atoms with Crippen LogP contribution in [0.5, 0.6) is 0 Å². The van der Waals surface area contributed by atoms with Gasteiger partial charge in [-0.1, -0.05) is 284 Å². The van der Waals surface area contributed by atoms with E-state index in [1.807, 2.05) is 0 Å². The van der Waals surface area contributed by atoms with Gasteiger partial charge < -0.3 is 14.2 Å².